The molecule has 1 heterocycles. The first-order valence-electron chi connectivity index (χ1n) is 6.45. The second kappa shape index (κ2) is 6.65. The Morgan fingerprint density at radius 3 is 2.83 bits per heavy atom. The Morgan fingerprint density at radius 2 is 2.28 bits per heavy atom. The average Bonchev–Trinajstić information content (AvgIpc) is 2.88. The first-order valence-corrected chi connectivity index (χ1v) is 7.36. The fourth-order valence-electron chi connectivity index (χ4n) is 2.29. The Balaban J connectivity index is 2.08. The van der Waals surface area contributed by atoms with Crippen LogP contribution in [0, 0.1) is 0 Å². The van der Waals surface area contributed by atoms with Gasteiger partial charge in [0.15, 0.2) is 0 Å². The number of rotatable bonds is 5. The van der Waals surface area contributed by atoms with Crippen LogP contribution in [0.3, 0.4) is 0 Å². The fourth-order valence-corrected chi connectivity index (χ4v) is 2.84. The molecule has 1 saturated heterocycles. The minimum Gasteiger partial charge on any atom is -0.376 e. The van der Waals surface area contributed by atoms with Gasteiger partial charge in [-0.2, -0.15) is 0 Å². The number of likely N-dealkylation sites (N-methyl/N-ethyl adjacent to an activating group) is 1. The number of hydrogen-bond acceptors (Lipinski definition) is 2. The van der Waals surface area contributed by atoms with Crippen molar-refractivity contribution in [2.75, 3.05) is 24.6 Å². The molecule has 0 spiro atoms. The SMILES string of the molecule is CCN(CC1CCCO1)c1ccc(CCl)c(Cl)c1. The molecule has 1 aromatic rings. The highest BCUT2D eigenvalue weighted by Crippen LogP contribution is 2.26. The molecular formula is C14H19Cl2NO. The highest BCUT2D eigenvalue weighted by molar-refractivity contribution is 6.32. The summed E-state index contributed by atoms with van der Waals surface area (Å²) in [6.45, 7) is 4.94. The molecule has 1 aromatic carbocycles. The van der Waals surface area contributed by atoms with Gasteiger partial charge in [-0.05, 0) is 37.5 Å². The monoisotopic (exact) mass is 287 g/mol. The minimum atomic E-state index is 0.358. The van der Waals surface area contributed by atoms with E-state index in [1.165, 1.54) is 6.42 Å². The van der Waals surface area contributed by atoms with Gasteiger partial charge in [-0.3, -0.25) is 0 Å². The van der Waals surface area contributed by atoms with Crippen molar-refractivity contribution in [2.24, 2.45) is 0 Å². The molecule has 0 aliphatic carbocycles. The first-order chi connectivity index (χ1) is 8.74. The summed E-state index contributed by atoms with van der Waals surface area (Å²) >= 11 is 12.0. The van der Waals surface area contributed by atoms with Gasteiger partial charge >= 0.3 is 0 Å². The lowest BCUT2D eigenvalue weighted by Crippen LogP contribution is -2.32. The largest absolute Gasteiger partial charge is 0.376 e. The third kappa shape index (κ3) is 3.31. The molecule has 4 heteroatoms. The molecule has 1 atom stereocenters. The molecule has 0 bridgehead atoms. The highest BCUT2D eigenvalue weighted by atomic mass is 35.5. The van der Waals surface area contributed by atoms with Crippen molar-refractivity contribution in [3.05, 3.63) is 28.8 Å². The molecule has 0 amide bonds. The number of anilines is 1. The smallest absolute Gasteiger partial charge is 0.0750 e. The second-order valence-corrected chi connectivity index (χ2v) is 5.26. The van der Waals surface area contributed by atoms with Crippen LogP contribution in [0.1, 0.15) is 25.3 Å². The lowest BCUT2D eigenvalue weighted by Gasteiger charge is -2.26. The van der Waals surface area contributed by atoms with Crippen LogP contribution in [0.2, 0.25) is 5.02 Å². The first kappa shape index (κ1) is 14.0. The number of nitrogens with zero attached hydrogens (tertiary/aromatic N) is 1. The summed E-state index contributed by atoms with van der Waals surface area (Å²) in [6.07, 6.45) is 2.69. The van der Waals surface area contributed by atoms with Gasteiger partial charge in [0.1, 0.15) is 0 Å². The zero-order valence-corrected chi connectivity index (χ0v) is 12.2. The third-order valence-corrected chi connectivity index (χ3v) is 4.02. The molecule has 18 heavy (non-hydrogen) atoms. The molecule has 2 nitrogen and oxygen atoms in total. The second-order valence-electron chi connectivity index (χ2n) is 4.58. The van der Waals surface area contributed by atoms with Gasteiger partial charge in [0.05, 0.1) is 6.10 Å². The van der Waals surface area contributed by atoms with E-state index < -0.39 is 0 Å². The molecule has 0 radical (unpaired) electrons. The van der Waals surface area contributed by atoms with Gasteiger partial charge < -0.3 is 9.64 Å². The van der Waals surface area contributed by atoms with Gasteiger partial charge in [-0.15, -0.1) is 11.6 Å². The van der Waals surface area contributed by atoms with Crippen LogP contribution in [0.25, 0.3) is 0 Å². The summed E-state index contributed by atoms with van der Waals surface area (Å²) in [5.74, 6) is 0.455. The van der Waals surface area contributed by atoms with Gasteiger partial charge in [0.25, 0.3) is 0 Å². The van der Waals surface area contributed by atoms with E-state index in [4.69, 9.17) is 27.9 Å². The van der Waals surface area contributed by atoms with Crippen LogP contribution in [-0.2, 0) is 10.6 Å². The van der Waals surface area contributed by atoms with Crippen LogP contribution in [0.15, 0.2) is 18.2 Å². The van der Waals surface area contributed by atoms with Crippen molar-refractivity contribution in [1.29, 1.82) is 0 Å². The molecule has 0 saturated carbocycles. The third-order valence-electron chi connectivity index (χ3n) is 3.38. The van der Waals surface area contributed by atoms with Crippen molar-refractivity contribution < 1.29 is 4.74 Å². The molecule has 1 unspecified atom stereocenters. The number of halogens is 2. The molecule has 1 fully saturated rings. The predicted molar refractivity (Wildman–Crippen MR) is 77.9 cm³/mol. The summed E-state index contributed by atoms with van der Waals surface area (Å²) in [4.78, 5) is 2.31. The molecule has 2 rings (SSSR count). The highest BCUT2D eigenvalue weighted by Gasteiger charge is 2.19. The van der Waals surface area contributed by atoms with Crippen LogP contribution in [0.5, 0.6) is 0 Å². The fraction of sp³-hybridized carbons (Fsp3) is 0.571. The van der Waals surface area contributed by atoms with Gasteiger partial charge in [-0.1, -0.05) is 17.7 Å². The van der Waals surface area contributed by atoms with Crippen molar-refractivity contribution >= 4 is 28.9 Å². The average molecular weight is 288 g/mol. The van der Waals surface area contributed by atoms with Crippen molar-refractivity contribution in [3.8, 4) is 0 Å². The molecule has 1 aliphatic rings. The Bertz CT molecular complexity index is 391. The number of ether oxygens (including phenoxy) is 1. The maximum atomic E-state index is 6.20. The summed E-state index contributed by atoms with van der Waals surface area (Å²) in [5, 5.41) is 0.744. The number of hydrogen-bond donors (Lipinski definition) is 0. The normalized spacial score (nSPS) is 19.2. The summed E-state index contributed by atoms with van der Waals surface area (Å²) in [6, 6.07) is 6.09. The molecule has 100 valence electrons. The lowest BCUT2D eigenvalue weighted by molar-refractivity contribution is 0.115. The van der Waals surface area contributed by atoms with Gasteiger partial charge in [0.2, 0.25) is 0 Å². The summed E-state index contributed by atoms with van der Waals surface area (Å²) < 4.78 is 5.69. The summed E-state index contributed by atoms with van der Waals surface area (Å²) in [7, 11) is 0. The van der Waals surface area contributed by atoms with Crippen LogP contribution in [0.4, 0.5) is 5.69 Å². The van der Waals surface area contributed by atoms with E-state index in [-0.39, 0.29) is 0 Å². The number of benzene rings is 1. The van der Waals surface area contributed by atoms with E-state index in [9.17, 15) is 0 Å². The maximum Gasteiger partial charge on any atom is 0.0750 e. The van der Waals surface area contributed by atoms with Crippen LogP contribution >= 0.6 is 23.2 Å². The zero-order valence-electron chi connectivity index (χ0n) is 10.7. The Labute approximate surface area is 119 Å². The van der Waals surface area contributed by atoms with E-state index in [1.807, 2.05) is 12.1 Å². The molecule has 1 aliphatic heterocycles. The van der Waals surface area contributed by atoms with Crippen molar-refractivity contribution in [3.63, 3.8) is 0 Å². The predicted octanol–water partition coefficient (Wildman–Crippen LogP) is 4.08. The lowest BCUT2D eigenvalue weighted by atomic mass is 10.2. The standard InChI is InChI=1S/C14H19Cl2NO/c1-2-17(10-13-4-3-7-18-13)12-6-5-11(9-15)14(16)8-12/h5-6,8,13H,2-4,7,9-10H2,1H3. The number of alkyl halides is 1. The Kier molecular flexibility index (Phi) is 5.16. The van der Waals surface area contributed by atoms with E-state index in [2.05, 4.69) is 17.9 Å². The van der Waals surface area contributed by atoms with E-state index in [1.54, 1.807) is 0 Å². The minimum absolute atomic E-state index is 0.358. The van der Waals surface area contributed by atoms with Crippen molar-refractivity contribution in [2.45, 2.75) is 31.7 Å². The topological polar surface area (TPSA) is 12.5 Å². The molecule has 0 N–H and O–H groups in total. The molecular weight excluding hydrogens is 269 g/mol. The van der Waals surface area contributed by atoms with E-state index in [0.29, 0.717) is 12.0 Å². The Morgan fingerprint density at radius 1 is 1.44 bits per heavy atom. The van der Waals surface area contributed by atoms with E-state index in [0.717, 1.165) is 42.4 Å². The van der Waals surface area contributed by atoms with Crippen LogP contribution < -0.4 is 4.90 Å². The zero-order chi connectivity index (χ0) is 13.0. The van der Waals surface area contributed by atoms with Crippen LogP contribution in [-0.4, -0.2) is 25.8 Å². The maximum absolute atomic E-state index is 6.20. The van der Waals surface area contributed by atoms with Crippen molar-refractivity contribution in [1.82, 2.24) is 0 Å². The quantitative estimate of drug-likeness (QED) is 0.757. The van der Waals surface area contributed by atoms with Gasteiger partial charge in [0, 0.05) is 36.3 Å². The Hall–Kier alpha value is -0.440. The van der Waals surface area contributed by atoms with Gasteiger partial charge in [-0.25, -0.2) is 0 Å². The molecule has 0 aromatic heterocycles. The summed E-state index contributed by atoms with van der Waals surface area (Å²) in [5.41, 5.74) is 2.13. The van der Waals surface area contributed by atoms with E-state index >= 15 is 0 Å².